The Kier molecular flexibility index (Phi) is 4.70. The number of thiocarbonyl (C=S) groups is 1. The van der Waals surface area contributed by atoms with Crippen molar-refractivity contribution in [2.45, 2.75) is 0 Å². The number of carbonyl (C=O) groups is 1. The highest BCUT2D eigenvalue weighted by atomic mass is 32.1. The number of hydrogen-bond acceptors (Lipinski definition) is 5. The Hall–Kier alpha value is -3.62. The summed E-state index contributed by atoms with van der Waals surface area (Å²) < 4.78 is 0. The molecule has 1 amide bonds. The van der Waals surface area contributed by atoms with E-state index in [0.29, 0.717) is 4.88 Å². The maximum Gasteiger partial charge on any atom is 0.267 e. The molecule has 2 N–H and O–H groups in total. The quantitative estimate of drug-likeness (QED) is 0.405. The van der Waals surface area contributed by atoms with Gasteiger partial charge in [0.15, 0.2) is 5.11 Å². The van der Waals surface area contributed by atoms with Crippen LogP contribution in [-0.2, 0) is 0 Å². The monoisotopic (exact) mass is 429 g/mol. The second-order valence-corrected chi connectivity index (χ2v) is 7.93. The highest BCUT2D eigenvalue weighted by Gasteiger charge is 2.11. The minimum absolute atomic E-state index is 0.231. The fourth-order valence-corrected chi connectivity index (χ4v) is 4.05. The van der Waals surface area contributed by atoms with Gasteiger partial charge in [-0.3, -0.25) is 10.1 Å². The van der Waals surface area contributed by atoms with E-state index in [1.165, 1.54) is 11.3 Å². The highest BCUT2D eigenvalue weighted by molar-refractivity contribution is 7.80. The maximum absolute atomic E-state index is 12.1. The van der Waals surface area contributed by atoms with Crippen LogP contribution in [0.1, 0.15) is 9.67 Å². The number of nitrogens with one attached hydrogen (secondary N) is 2. The molecule has 0 spiro atoms. The summed E-state index contributed by atoms with van der Waals surface area (Å²) in [5, 5.41) is 19.3. The van der Waals surface area contributed by atoms with Crippen LogP contribution in [0.5, 0.6) is 0 Å². The second-order valence-electron chi connectivity index (χ2n) is 6.58. The van der Waals surface area contributed by atoms with Gasteiger partial charge in [0.1, 0.15) is 11.0 Å². The lowest BCUT2D eigenvalue weighted by atomic mass is 10.1. The molecule has 6 nitrogen and oxygen atoms in total. The van der Waals surface area contributed by atoms with Gasteiger partial charge in [0.25, 0.3) is 5.91 Å². The lowest BCUT2D eigenvalue weighted by molar-refractivity contribution is 0.0981. The lowest BCUT2D eigenvalue weighted by Gasteiger charge is -2.08. The fourth-order valence-electron chi connectivity index (χ4n) is 3.22. The molecule has 5 aromatic rings. The highest BCUT2D eigenvalue weighted by Crippen LogP contribution is 2.23. The Balaban J connectivity index is 1.40. The third kappa shape index (κ3) is 3.54. The van der Waals surface area contributed by atoms with Gasteiger partial charge < -0.3 is 5.32 Å². The largest absolute Gasteiger partial charge is 0.332 e. The molecular weight excluding hydrogens is 414 g/mol. The number of hydrogen-bond donors (Lipinski definition) is 2. The molecule has 3 aromatic carbocycles. The number of rotatable bonds is 3. The molecule has 0 saturated carbocycles. The minimum atomic E-state index is -0.231. The smallest absolute Gasteiger partial charge is 0.267 e. The van der Waals surface area contributed by atoms with Gasteiger partial charge in [-0.15, -0.1) is 26.3 Å². The van der Waals surface area contributed by atoms with Crippen LogP contribution in [0, 0.1) is 0 Å². The Labute approximate surface area is 181 Å². The molecule has 0 saturated heterocycles. The Morgan fingerprint density at radius 2 is 1.77 bits per heavy atom. The number of anilines is 1. The van der Waals surface area contributed by atoms with Crippen molar-refractivity contribution in [3.63, 3.8) is 0 Å². The second kappa shape index (κ2) is 7.66. The van der Waals surface area contributed by atoms with Crippen molar-refractivity contribution in [3.8, 4) is 5.69 Å². The molecule has 0 aliphatic carbocycles. The number of amides is 1. The van der Waals surface area contributed by atoms with Crippen LogP contribution in [0.3, 0.4) is 0 Å². The molecule has 0 unspecified atom stereocenters. The molecule has 146 valence electrons. The van der Waals surface area contributed by atoms with E-state index in [2.05, 4.69) is 39.0 Å². The Morgan fingerprint density at radius 1 is 0.933 bits per heavy atom. The third-order valence-corrected chi connectivity index (χ3v) is 5.67. The van der Waals surface area contributed by atoms with Crippen molar-refractivity contribution in [1.82, 2.24) is 20.3 Å². The topological polar surface area (TPSA) is 71.8 Å². The summed E-state index contributed by atoms with van der Waals surface area (Å²) in [6.07, 6.45) is 0. The summed E-state index contributed by atoms with van der Waals surface area (Å²) in [7, 11) is 0. The summed E-state index contributed by atoms with van der Waals surface area (Å²) in [6, 6.07) is 23.3. The van der Waals surface area contributed by atoms with Crippen LogP contribution >= 0.6 is 23.6 Å². The van der Waals surface area contributed by atoms with Gasteiger partial charge >= 0.3 is 0 Å². The minimum Gasteiger partial charge on any atom is -0.332 e. The van der Waals surface area contributed by atoms with Crippen molar-refractivity contribution in [1.29, 1.82) is 0 Å². The first-order valence-corrected chi connectivity index (χ1v) is 10.5. The average Bonchev–Trinajstić information content (AvgIpc) is 3.43. The number of nitrogens with zero attached hydrogens (tertiary/aromatic N) is 3. The van der Waals surface area contributed by atoms with Crippen molar-refractivity contribution in [2.24, 2.45) is 0 Å². The number of fused-ring (bicyclic) bond motifs is 2. The summed E-state index contributed by atoms with van der Waals surface area (Å²) in [5.41, 5.74) is 3.13. The molecule has 0 fully saturated rings. The van der Waals surface area contributed by atoms with E-state index >= 15 is 0 Å². The first-order valence-electron chi connectivity index (χ1n) is 9.18. The van der Waals surface area contributed by atoms with Gasteiger partial charge in [-0.1, -0.05) is 42.5 Å². The molecule has 5 rings (SSSR count). The summed E-state index contributed by atoms with van der Waals surface area (Å²) in [5.74, 6) is -0.231. The van der Waals surface area contributed by atoms with E-state index in [-0.39, 0.29) is 11.0 Å². The first-order chi connectivity index (χ1) is 14.7. The first kappa shape index (κ1) is 18.4. The van der Waals surface area contributed by atoms with Crippen LogP contribution in [0.25, 0.3) is 27.5 Å². The normalized spacial score (nSPS) is 10.9. The predicted octanol–water partition coefficient (Wildman–Crippen LogP) is 4.76. The molecule has 8 heteroatoms. The van der Waals surface area contributed by atoms with Crippen molar-refractivity contribution >= 4 is 62.1 Å². The molecular formula is C22H15N5OS2. The van der Waals surface area contributed by atoms with E-state index in [4.69, 9.17) is 12.2 Å². The zero-order chi connectivity index (χ0) is 20.5. The summed E-state index contributed by atoms with van der Waals surface area (Å²) in [6.45, 7) is 0. The molecule has 0 aliphatic rings. The number of carbonyl (C=O) groups excluding carboxylic acids is 1. The molecule has 30 heavy (non-hydrogen) atoms. The number of benzene rings is 3. The summed E-state index contributed by atoms with van der Waals surface area (Å²) >= 11 is 6.63. The van der Waals surface area contributed by atoms with E-state index in [9.17, 15) is 4.79 Å². The van der Waals surface area contributed by atoms with E-state index in [1.54, 1.807) is 10.9 Å². The average molecular weight is 430 g/mol. The van der Waals surface area contributed by atoms with E-state index in [1.807, 2.05) is 53.9 Å². The molecule has 0 aliphatic heterocycles. The van der Waals surface area contributed by atoms with Crippen molar-refractivity contribution < 1.29 is 4.79 Å². The Bertz CT molecular complexity index is 1390. The lowest BCUT2D eigenvalue weighted by Crippen LogP contribution is -2.33. The van der Waals surface area contributed by atoms with Crippen LogP contribution in [0.2, 0.25) is 0 Å². The number of thiophene rings is 1. The van der Waals surface area contributed by atoms with Gasteiger partial charge in [0, 0.05) is 11.1 Å². The fraction of sp³-hybridized carbons (Fsp3) is 0. The SMILES string of the molecule is O=C(NC(=S)Nc1ccc2nn(-c3cccc4ccccc34)nc2c1)c1cccs1. The van der Waals surface area contributed by atoms with Crippen LogP contribution in [0.15, 0.2) is 78.2 Å². The molecule has 0 bridgehead atoms. The zero-order valence-electron chi connectivity index (χ0n) is 15.6. The predicted molar refractivity (Wildman–Crippen MR) is 124 cm³/mol. The van der Waals surface area contributed by atoms with Gasteiger partial charge in [-0.2, -0.15) is 0 Å². The van der Waals surface area contributed by atoms with E-state index < -0.39 is 0 Å². The maximum atomic E-state index is 12.1. The van der Waals surface area contributed by atoms with Crippen molar-refractivity contribution in [3.05, 3.63) is 83.1 Å². The molecule has 2 aromatic heterocycles. The van der Waals surface area contributed by atoms with Crippen LogP contribution in [-0.4, -0.2) is 26.0 Å². The zero-order valence-corrected chi connectivity index (χ0v) is 17.2. The number of aromatic nitrogens is 3. The van der Waals surface area contributed by atoms with Crippen molar-refractivity contribution in [2.75, 3.05) is 5.32 Å². The molecule has 0 radical (unpaired) electrons. The van der Waals surface area contributed by atoms with E-state index in [0.717, 1.165) is 33.2 Å². The van der Waals surface area contributed by atoms with Gasteiger partial charge in [0.05, 0.1) is 10.6 Å². The molecule has 0 atom stereocenters. The van der Waals surface area contributed by atoms with Crippen LogP contribution < -0.4 is 10.6 Å². The third-order valence-electron chi connectivity index (χ3n) is 4.59. The molecule has 2 heterocycles. The summed E-state index contributed by atoms with van der Waals surface area (Å²) in [4.78, 5) is 14.4. The Morgan fingerprint density at radius 3 is 2.63 bits per heavy atom. The standard InChI is InChI=1S/C22H15N5OS2/c28-21(20-9-4-12-30-20)24-22(29)23-15-10-11-17-18(13-15)26-27(25-17)19-8-3-6-14-5-1-2-7-16(14)19/h1-13H,(H2,23,24,28,29). The van der Waals surface area contributed by atoms with Gasteiger partial charge in [0.2, 0.25) is 0 Å². The van der Waals surface area contributed by atoms with Gasteiger partial charge in [-0.25, -0.2) is 0 Å². The van der Waals surface area contributed by atoms with Gasteiger partial charge in [-0.05, 0) is 53.3 Å². The van der Waals surface area contributed by atoms with Crippen LogP contribution in [0.4, 0.5) is 5.69 Å².